The first-order valence-electron chi connectivity index (χ1n) is 7.71. The summed E-state index contributed by atoms with van der Waals surface area (Å²) >= 11 is 1.56. The molecule has 3 rings (SSSR count). The Kier molecular flexibility index (Phi) is 5.30. The number of ether oxygens (including phenoxy) is 2. The van der Waals surface area contributed by atoms with Crippen molar-refractivity contribution in [2.75, 3.05) is 14.2 Å². The molecule has 0 saturated carbocycles. The fourth-order valence-corrected chi connectivity index (χ4v) is 3.18. The summed E-state index contributed by atoms with van der Waals surface area (Å²) in [6.45, 7) is 0.350. The highest BCUT2D eigenvalue weighted by atomic mass is 32.1. The molecule has 0 atom stereocenters. The first-order valence-corrected chi connectivity index (χ1v) is 8.59. The monoisotopic (exact) mass is 354 g/mol. The Morgan fingerprint density at radius 3 is 2.64 bits per heavy atom. The summed E-state index contributed by atoms with van der Waals surface area (Å²) in [5, 5.41) is 5.76. The van der Waals surface area contributed by atoms with Crippen LogP contribution in [-0.4, -0.2) is 25.1 Å². The first kappa shape index (κ1) is 17.0. The number of nitrogens with one attached hydrogen (secondary N) is 1. The molecule has 1 aromatic heterocycles. The quantitative estimate of drug-likeness (QED) is 0.732. The smallest absolute Gasteiger partial charge is 0.255 e. The van der Waals surface area contributed by atoms with E-state index in [2.05, 4.69) is 10.3 Å². The van der Waals surface area contributed by atoms with Gasteiger partial charge in [-0.2, -0.15) is 0 Å². The molecular formula is C19H18N2O3S. The molecule has 1 heterocycles. The summed E-state index contributed by atoms with van der Waals surface area (Å²) in [7, 11) is 3.09. The van der Waals surface area contributed by atoms with Gasteiger partial charge in [-0.3, -0.25) is 4.79 Å². The summed E-state index contributed by atoms with van der Waals surface area (Å²) < 4.78 is 10.4. The predicted octanol–water partition coefficient (Wildman–Crippen LogP) is 3.76. The summed E-state index contributed by atoms with van der Waals surface area (Å²) in [4.78, 5) is 17.0. The molecule has 2 aromatic carbocycles. The van der Waals surface area contributed by atoms with Crippen LogP contribution >= 0.6 is 11.3 Å². The molecular weight excluding hydrogens is 336 g/mol. The van der Waals surface area contributed by atoms with Crippen molar-refractivity contribution in [1.29, 1.82) is 0 Å². The molecule has 0 radical (unpaired) electrons. The third-order valence-corrected chi connectivity index (χ3v) is 4.59. The van der Waals surface area contributed by atoms with E-state index >= 15 is 0 Å². The normalized spacial score (nSPS) is 10.3. The van der Waals surface area contributed by atoms with Gasteiger partial charge in [-0.15, -0.1) is 11.3 Å². The molecule has 5 nitrogen and oxygen atoms in total. The largest absolute Gasteiger partial charge is 0.497 e. The lowest BCUT2D eigenvalue weighted by atomic mass is 10.1. The Bertz CT molecular complexity index is 862. The van der Waals surface area contributed by atoms with Crippen LogP contribution in [0.2, 0.25) is 0 Å². The number of methoxy groups -OCH3 is 2. The maximum Gasteiger partial charge on any atom is 0.255 e. The van der Waals surface area contributed by atoms with Crippen molar-refractivity contribution < 1.29 is 14.3 Å². The van der Waals surface area contributed by atoms with E-state index < -0.39 is 0 Å². The number of hydrogen-bond acceptors (Lipinski definition) is 5. The summed E-state index contributed by atoms with van der Waals surface area (Å²) in [5.41, 5.74) is 2.32. The second-order valence-corrected chi connectivity index (χ2v) is 6.12. The fraction of sp³-hybridized carbons (Fsp3) is 0.158. The average Bonchev–Trinajstić information content (AvgIpc) is 3.15. The molecule has 128 valence electrons. The molecule has 0 bridgehead atoms. The second-order valence-electron chi connectivity index (χ2n) is 5.26. The van der Waals surface area contributed by atoms with Crippen LogP contribution in [0, 0.1) is 0 Å². The molecule has 0 fully saturated rings. The lowest BCUT2D eigenvalue weighted by Gasteiger charge is -2.10. The fourth-order valence-electron chi connectivity index (χ4n) is 2.36. The molecule has 0 aliphatic heterocycles. The van der Waals surface area contributed by atoms with E-state index in [1.165, 1.54) is 7.11 Å². The van der Waals surface area contributed by atoms with Gasteiger partial charge >= 0.3 is 0 Å². The zero-order valence-corrected chi connectivity index (χ0v) is 14.8. The predicted molar refractivity (Wildman–Crippen MR) is 98.3 cm³/mol. The van der Waals surface area contributed by atoms with Crippen molar-refractivity contribution in [2.24, 2.45) is 0 Å². The first-order chi connectivity index (χ1) is 12.2. The highest BCUT2D eigenvalue weighted by Gasteiger charge is 2.14. The van der Waals surface area contributed by atoms with Gasteiger partial charge in [0.05, 0.1) is 32.0 Å². The van der Waals surface area contributed by atoms with Crippen molar-refractivity contribution >= 4 is 17.2 Å². The highest BCUT2D eigenvalue weighted by molar-refractivity contribution is 7.13. The zero-order chi connectivity index (χ0) is 17.6. The molecule has 0 aliphatic carbocycles. The number of carbonyl (C=O) groups is 1. The van der Waals surface area contributed by atoms with Crippen LogP contribution in [-0.2, 0) is 6.54 Å². The molecule has 3 aromatic rings. The van der Waals surface area contributed by atoms with Gasteiger partial charge in [0.2, 0.25) is 0 Å². The van der Waals surface area contributed by atoms with Crippen molar-refractivity contribution in [3.05, 3.63) is 65.2 Å². The van der Waals surface area contributed by atoms with Crippen LogP contribution in [0.25, 0.3) is 10.6 Å². The van der Waals surface area contributed by atoms with Gasteiger partial charge in [0.1, 0.15) is 16.5 Å². The minimum absolute atomic E-state index is 0.231. The Hall–Kier alpha value is -2.86. The maximum absolute atomic E-state index is 12.5. The van der Waals surface area contributed by atoms with Crippen LogP contribution in [0.3, 0.4) is 0 Å². The van der Waals surface area contributed by atoms with Gasteiger partial charge in [0.25, 0.3) is 5.91 Å². The van der Waals surface area contributed by atoms with Gasteiger partial charge in [-0.1, -0.05) is 30.3 Å². The minimum Gasteiger partial charge on any atom is -0.497 e. The number of benzene rings is 2. The van der Waals surface area contributed by atoms with E-state index in [1.807, 2.05) is 35.7 Å². The van der Waals surface area contributed by atoms with Gasteiger partial charge < -0.3 is 14.8 Å². The molecule has 0 aliphatic rings. The Balaban J connectivity index is 1.70. The van der Waals surface area contributed by atoms with Crippen LogP contribution in [0.1, 0.15) is 16.1 Å². The molecule has 1 N–H and O–H groups in total. The number of carbonyl (C=O) groups excluding carboxylic acids is 1. The molecule has 6 heteroatoms. The Morgan fingerprint density at radius 1 is 1.12 bits per heavy atom. The summed E-state index contributed by atoms with van der Waals surface area (Å²) in [6.07, 6.45) is 0. The van der Waals surface area contributed by atoms with Gasteiger partial charge in [0, 0.05) is 10.9 Å². The third-order valence-electron chi connectivity index (χ3n) is 3.65. The lowest BCUT2D eigenvalue weighted by Crippen LogP contribution is -2.23. The SMILES string of the molecule is COc1ccc(OC)c(C(=O)NCc2csc(-c3ccccc3)n2)c1. The van der Waals surface area contributed by atoms with Crippen LogP contribution in [0.4, 0.5) is 0 Å². The topological polar surface area (TPSA) is 60.5 Å². The third kappa shape index (κ3) is 3.97. The van der Waals surface area contributed by atoms with Crippen LogP contribution in [0.15, 0.2) is 53.9 Å². The van der Waals surface area contributed by atoms with E-state index in [4.69, 9.17) is 9.47 Å². The summed E-state index contributed by atoms with van der Waals surface area (Å²) in [6, 6.07) is 15.1. The van der Waals surface area contributed by atoms with E-state index in [0.29, 0.717) is 23.6 Å². The van der Waals surface area contributed by atoms with E-state index in [9.17, 15) is 4.79 Å². The van der Waals surface area contributed by atoms with Crippen molar-refractivity contribution in [3.8, 4) is 22.1 Å². The Labute approximate surface area is 150 Å². The standard InChI is InChI=1S/C19H18N2O3S/c1-23-15-8-9-17(24-2)16(10-15)18(22)20-11-14-12-25-19(21-14)13-6-4-3-5-7-13/h3-10,12H,11H2,1-2H3,(H,20,22). The van der Waals surface area contributed by atoms with Crippen molar-refractivity contribution in [3.63, 3.8) is 0 Å². The number of thiazole rings is 1. The average molecular weight is 354 g/mol. The number of nitrogens with zero attached hydrogens (tertiary/aromatic N) is 1. The summed E-state index contributed by atoms with van der Waals surface area (Å²) in [5.74, 6) is 0.873. The number of amides is 1. The number of aromatic nitrogens is 1. The molecule has 0 unspecified atom stereocenters. The minimum atomic E-state index is -0.231. The second kappa shape index (κ2) is 7.81. The van der Waals surface area contributed by atoms with Crippen LogP contribution in [0.5, 0.6) is 11.5 Å². The van der Waals surface area contributed by atoms with Crippen molar-refractivity contribution in [1.82, 2.24) is 10.3 Å². The van der Waals surface area contributed by atoms with E-state index in [0.717, 1.165) is 16.3 Å². The number of rotatable bonds is 6. The zero-order valence-electron chi connectivity index (χ0n) is 14.0. The molecule has 1 amide bonds. The maximum atomic E-state index is 12.5. The van der Waals surface area contributed by atoms with Crippen molar-refractivity contribution in [2.45, 2.75) is 6.54 Å². The molecule has 0 saturated heterocycles. The molecule has 25 heavy (non-hydrogen) atoms. The van der Waals surface area contributed by atoms with Gasteiger partial charge in [-0.25, -0.2) is 4.98 Å². The Morgan fingerprint density at radius 2 is 1.92 bits per heavy atom. The highest BCUT2D eigenvalue weighted by Crippen LogP contribution is 2.25. The van der Waals surface area contributed by atoms with E-state index in [-0.39, 0.29) is 5.91 Å². The van der Waals surface area contributed by atoms with Gasteiger partial charge in [-0.05, 0) is 18.2 Å². The van der Waals surface area contributed by atoms with E-state index in [1.54, 1.807) is 36.6 Å². The van der Waals surface area contributed by atoms with Crippen LogP contribution < -0.4 is 14.8 Å². The number of hydrogen-bond donors (Lipinski definition) is 1. The molecule has 0 spiro atoms. The van der Waals surface area contributed by atoms with Gasteiger partial charge in [0.15, 0.2) is 0 Å². The lowest BCUT2D eigenvalue weighted by molar-refractivity contribution is 0.0947.